The number of carbonyl (C=O) groups is 2. The fourth-order valence-electron chi connectivity index (χ4n) is 2.68. The molecule has 0 spiro atoms. The molecular formula is C23H33BrO4. The summed E-state index contributed by atoms with van der Waals surface area (Å²) >= 11 is 3.32. The van der Waals surface area contributed by atoms with E-state index in [0.29, 0.717) is 18.8 Å². The number of halogens is 1. The molecule has 1 aromatic rings. The largest absolute Gasteiger partial charge is 0.461 e. The highest BCUT2D eigenvalue weighted by molar-refractivity contribution is 9.10. The first-order valence-corrected chi connectivity index (χ1v) is 11.2. The van der Waals surface area contributed by atoms with E-state index in [1.807, 2.05) is 6.08 Å². The zero-order valence-corrected chi connectivity index (χ0v) is 18.5. The van der Waals surface area contributed by atoms with E-state index in [9.17, 15) is 9.59 Å². The van der Waals surface area contributed by atoms with E-state index in [4.69, 9.17) is 9.47 Å². The zero-order valence-electron chi connectivity index (χ0n) is 17.0. The molecule has 0 unspecified atom stereocenters. The van der Waals surface area contributed by atoms with Crippen LogP contribution in [0, 0.1) is 0 Å². The number of rotatable bonds is 15. The maximum absolute atomic E-state index is 11.7. The Morgan fingerprint density at radius 3 is 2.21 bits per heavy atom. The number of unbranched alkanes of at least 4 members (excludes halogenated alkanes) is 7. The average Bonchev–Trinajstić information content (AvgIpc) is 2.68. The second kappa shape index (κ2) is 16.3. The molecular weight excluding hydrogens is 420 g/mol. The maximum Gasteiger partial charge on any atom is 0.311 e. The Bertz CT molecular complexity index is 581. The normalized spacial score (nSPS) is 10.9. The second-order valence-corrected chi connectivity index (χ2v) is 7.76. The van der Waals surface area contributed by atoms with Gasteiger partial charge < -0.3 is 9.47 Å². The van der Waals surface area contributed by atoms with E-state index in [1.54, 1.807) is 24.3 Å². The molecule has 0 saturated carbocycles. The Kier molecular flexibility index (Phi) is 14.3. The van der Waals surface area contributed by atoms with Crippen molar-refractivity contribution in [2.45, 2.75) is 77.6 Å². The zero-order chi connectivity index (χ0) is 20.5. The summed E-state index contributed by atoms with van der Waals surface area (Å²) in [5, 5.41) is 0. The van der Waals surface area contributed by atoms with Crippen molar-refractivity contribution in [1.29, 1.82) is 0 Å². The van der Waals surface area contributed by atoms with Gasteiger partial charge in [0.1, 0.15) is 12.4 Å². The minimum atomic E-state index is -0.343. The van der Waals surface area contributed by atoms with E-state index in [-0.39, 0.29) is 24.8 Å². The summed E-state index contributed by atoms with van der Waals surface area (Å²) in [5.74, 6) is -0.122. The fourth-order valence-corrected chi connectivity index (χ4v) is 2.94. The first kappa shape index (κ1) is 24.4. The van der Waals surface area contributed by atoms with Gasteiger partial charge in [0, 0.05) is 17.3 Å². The minimum absolute atomic E-state index is 0.194. The first-order chi connectivity index (χ1) is 13.6. The molecule has 0 saturated heterocycles. The second-order valence-electron chi connectivity index (χ2n) is 6.85. The lowest BCUT2D eigenvalue weighted by Gasteiger charge is -2.04. The van der Waals surface area contributed by atoms with Crippen molar-refractivity contribution in [3.8, 4) is 5.75 Å². The Hall–Kier alpha value is -1.62. The molecule has 156 valence electrons. The molecule has 4 nitrogen and oxygen atoms in total. The van der Waals surface area contributed by atoms with Crippen LogP contribution in [0.15, 0.2) is 40.9 Å². The number of carbonyl (C=O) groups excluding carboxylic acids is 2. The summed E-state index contributed by atoms with van der Waals surface area (Å²) < 4.78 is 11.3. The third kappa shape index (κ3) is 13.5. The minimum Gasteiger partial charge on any atom is -0.461 e. The van der Waals surface area contributed by atoms with E-state index < -0.39 is 0 Å². The van der Waals surface area contributed by atoms with Gasteiger partial charge >= 0.3 is 11.9 Å². The van der Waals surface area contributed by atoms with Crippen LogP contribution >= 0.6 is 15.9 Å². The lowest BCUT2D eigenvalue weighted by Crippen LogP contribution is -2.10. The Balaban J connectivity index is 1.97. The van der Waals surface area contributed by atoms with E-state index in [0.717, 1.165) is 10.9 Å². The number of hydrogen-bond acceptors (Lipinski definition) is 4. The summed E-state index contributed by atoms with van der Waals surface area (Å²) in [6.07, 6.45) is 15.0. The Labute approximate surface area is 177 Å². The van der Waals surface area contributed by atoms with Gasteiger partial charge in [-0.25, -0.2) is 0 Å². The molecule has 5 heteroatoms. The first-order valence-electron chi connectivity index (χ1n) is 10.4. The highest BCUT2D eigenvalue weighted by atomic mass is 79.9. The third-order valence-corrected chi connectivity index (χ3v) is 4.82. The van der Waals surface area contributed by atoms with Crippen LogP contribution in [0.25, 0.3) is 0 Å². The van der Waals surface area contributed by atoms with Gasteiger partial charge in [-0.1, -0.05) is 73.5 Å². The van der Waals surface area contributed by atoms with E-state index in [2.05, 4.69) is 28.9 Å². The van der Waals surface area contributed by atoms with Crippen LogP contribution in [0.4, 0.5) is 0 Å². The number of ether oxygens (including phenoxy) is 2. The number of hydrogen-bond donors (Lipinski definition) is 0. The predicted molar refractivity (Wildman–Crippen MR) is 116 cm³/mol. The van der Waals surface area contributed by atoms with E-state index in [1.165, 1.54) is 44.9 Å². The average molecular weight is 453 g/mol. The number of allylic oxidation sites excluding steroid dienone is 1. The monoisotopic (exact) mass is 452 g/mol. The third-order valence-electron chi connectivity index (χ3n) is 4.29. The maximum atomic E-state index is 11.7. The molecule has 0 heterocycles. The van der Waals surface area contributed by atoms with Crippen molar-refractivity contribution in [2.75, 3.05) is 6.61 Å². The number of esters is 2. The highest BCUT2D eigenvalue weighted by Crippen LogP contribution is 2.17. The summed E-state index contributed by atoms with van der Waals surface area (Å²) in [6.45, 7) is 2.54. The highest BCUT2D eigenvalue weighted by Gasteiger charge is 2.08. The molecule has 28 heavy (non-hydrogen) atoms. The van der Waals surface area contributed by atoms with Crippen molar-refractivity contribution in [3.05, 3.63) is 40.9 Å². The predicted octanol–water partition coefficient (Wildman–Crippen LogP) is 6.76. The van der Waals surface area contributed by atoms with Crippen molar-refractivity contribution < 1.29 is 19.1 Å². The lowest BCUT2D eigenvalue weighted by molar-refractivity contribution is -0.142. The fraction of sp³-hybridized carbons (Fsp3) is 0.565. The quantitative estimate of drug-likeness (QED) is 0.127. The van der Waals surface area contributed by atoms with Crippen LogP contribution in [0.1, 0.15) is 77.6 Å². The molecule has 0 N–H and O–H groups in total. The molecule has 0 atom stereocenters. The summed E-state index contributed by atoms with van der Waals surface area (Å²) in [5.41, 5.74) is 0. The molecule has 0 aliphatic rings. The van der Waals surface area contributed by atoms with Crippen molar-refractivity contribution in [2.24, 2.45) is 0 Å². The topological polar surface area (TPSA) is 52.6 Å². The lowest BCUT2D eigenvalue weighted by atomic mass is 10.1. The van der Waals surface area contributed by atoms with Gasteiger partial charge in [0.2, 0.25) is 0 Å². The van der Waals surface area contributed by atoms with Gasteiger partial charge in [0.05, 0.1) is 0 Å². The van der Waals surface area contributed by atoms with Gasteiger partial charge in [0.25, 0.3) is 0 Å². The molecule has 0 aromatic heterocycles. The standard InChI is InChI=1S/C23H33BrO4/c1-2-3-4-5-6-7-8-9-10-11-19-27-22(25)13-12-14-23(26)28-21-17-15-20(24)16-18-21/h10-11,15-18H,2-9,12-14,19H2,1H3/b11-10+. The van der Waals surface area contributed by atoms with E-state index >= 15 is 0 Å². The molecule has 0 fully saturated rings. The molecule has 0 amide bonds. The van der Waals surface area contributed by atoms with Gasteiger partial charge in [-0.3, -0.25) is 9.59 Å². The van der Waals surface area contributed by atoms with Crippen LogP contribution in [-0.2, 0) is 14.3 Å². The van der Waals surface area contributed by atoms with Crippen molar-refractivity contribution in [1.82, 2.24) is 0 Å². The van der Waals surface area contributed by atoms with Gasteiger partial charge in [-0.05, 0) is 43.5 Å². The van der Waals surface area contributed by atoms with Gasteiger partial charge in [0.15, 0.2) is 0 Å². The molecule has 1 aromatic carbocycles. The van der Waals surface area contributed by atoms with Crippen LogP contribution in [-0.4, -0.2) is 18.5 Å². The van der Waals surface area contributed by atoms with Crippen molar-refractivity contribution >= 4 is 27.9 Å². The summed E-state index contributed by atoms with van der Waals surface area (Å²) in [7, 11) is 0. The van der Waals surface area contributed by atoms with Crippen LogP contribution in [0.2, 0.25) is 0 Å². The molecule has 0 bridgehead atoms. The SMILES string of the molecule is CCCCCCCCC/C=C/COC(=O)CCCC(=O)Oc1ccc(Br)cc1. The molecule has 1 rings (SSSR count). The Morgan fingerprint density at radius 1 is 0.857 bits per heavy atom. The number of benzene rings is 1. The van der Waals surface area contributed by atoms with Crippen LogP contribution < -0.4 is 4.74 Å². The molecule has 0 aliphatic carbocycles. The van der Waals surface area contributed by atoms with Crippen molar-refractivity contribution in [3.63, 3.8) is 0 Å². The molecule has 0 aliphatic heterocycles. The van der Waals surface area contributed by atoms with Crippen LogP contribution in [0.3, 0.4) is 0 Å². The molecule has 0 radical (unpaired) electrons. The van der Waals surface area contributed by atoms with Gasteiger partial charge in [-0.2, -0.15) is 0 Å². The van der Waals surface area contributed by atoms with Crippen LogP contribution in [0.5, 0.6) is 5.75 Å². The summed E-state index contributed by atoms with van der Waals surface area (Å²) in [6, 6.07) is 7.05. The smallest absolute Gasteiger partial charge is 0.311 e. The Morgan fingerprint density at radius 2 is 1.50 bits per heavy atom. The summed E-state index contributed by atoms with van der Waals surface area (Å²) in [4.78, 5) is 23.4. The van der Waals surface area contributed by atoms with Gasteiger partial charge in [-0.15, -0.1) is 0 Å².